The summed E-state index contributed by atoms with van der Waals surface area (Å²) in [7, 11) is 4.75. The van der Waals surface area contributed by atoms with Gasteiger partial charge in [0, 0.05) is 24.8 Å². The van der Waals surface area contributed by atoms with Crippen molar-refractivity contribution in [3.8, 4) is 34.6 Å². The standard InChI is InChI=1S/C27H28N4O5/c1-33-18-25(32)28-21-8-10-22(11-9-21)31-26(20-6-14-24(35-3)15-7-20)29-27(30-31)36-17-16-19-4-12-23(34-2)13-5-19/h4-15H,16-18H2,1-3H3,(H,28,32). The molecule has 1 aromatic heterocycles. The molecule has 0 radical (unpaired) electrons. The van der Waals surface area contributed by atoms with Crippen LogP contribution in [-0.4, -0.2) is 55.2 Å². The van der Waals surface area contributed by atoms with E-state index in [0.29, 0.717) is 24.5 Å². The Kier molecular flexibility index (Phi) is 8.15. The minimum atomic E-state index is -0.225. The Morgan fingerprint density at radius 1 is 0.861 bits per heavy atom. The zero-order valence-corrected chi connectivity index (χ0v) is 20.4. The molecule has 36 heavy (non-hydrogen) atoms. The van der Waals surface area contributed by atoms with Crippen LogP contribution in [0, 0.1) is 0 Å². The molecule has 3 aromatic carbocycles. The third-order valence-electron chi connectivity index (χ3n) is 5.39. The summed E-state index contributed by atoms with van der Waals surface area (Å²) in [5.74, 6) is 1.95. The van der Waals surface area contributed by atoms with Crippen molar-refractivity contribution in [2.24, 2.45) is 0 Å². The molecule has 0 saturated heterocycles. The second-order valence-corrected chi connectivity index (χ2v) is 7.83. The van der Waals surface area contributed by atoms with Crippen molar-refractivity contribution in [2.75, 3.05) is 39.9 Å². The number of benzene rings is 3. The lowest BCUT2D eigenvalue weighted by molar-refractivity contribution is -0.119. The first-order valence-electron chi connectivity index (χ1n) is 11.4. The van der Waals surface area contributed by atoms with Crippen LogP contribution in [0.5, 0.6) is 17.5 Å². The maximum atomic E-state index is 11.8. The number of hydrogen-bond donors (Lipinski definition) is 1. The van der Waals surface area contributed by atoms with Crippen molar-refractivity contribution in [1.82, 2.24) is 14.8 Å². The highest BCUT2D eigenvalue weighted by Gasteiger charge is 2.15. The first-order valence-corrected chi connectivity index (χ1v) is 11.4. The number of methoxy groups -OCH3 is 3. The molecule has 0 unspecified atom stereocenters. The summed E-state index contributed by atoms with van der Waals surface area (Å²) in [5, 5.41) is 7.38. The van der Waals surface area contributed by atoms with Crippen LogP contribution in [0.25, 0.3) is 17.1 Å². The van der Waals surface area contributed by atoms with Gasteiger partial charge in [0.2, 0.25) is 5.91 Å². The molecule has 0 aliphatic heterocycles. The van der Waals surface area contributed by atoms with Gasteiger partial charge in [0.1, 0.15) is 18.1 Å². The second-order valence-electron chi connectivity index (χ2n) is 7.83. The quantitative estimate of drug-likeness (QED) is 0.339. The van der Waals surface area contributed by atoms with E-state index in [1.165, 1.54) is 7.11 Å². The normalized spacial score (nSPS) is 10.6. The van der Waals surface area contributed by atoms with Crippen LogP contribution in [0.2, 0.25) is 0 Å². The topological polar surface area (TPSA) is 96.7 Å². The smallest absolute Gasteiger partial charge is 0.336 e. The number of ether oxygens (including phenoxy) is 4. The molecular weight excluding hydrogens is 460 g/mol. The summed E-state index contributed by atoms with van der Waals surface area (Å²) in [5.41, 5.74) is 3.40. The first-order chi connectivity index (χ1) is 17.6. The molecule has 4 rings (SSSR count). The molecule has 0 spiro atoms. The molecule has 9 nitrogen and oxygen atoms in total. The van der Waals surface area contributed by atoms with E-state index < -0.39 is 0 Å². The number of carbonyl (C=O) groups excluding carboxylic acids is 1. The molecule has 186 valence electrons. The van der Waals surface area contributed by atoms with Gasteiger partial charge in [0.25, 0.3) is 0 Å². The van der Waals surface area contributed by atoms with Gasteiger partial charge >= 0.3 is 6.01 Å². The molecule has 0 aliphatic carbocycles. The zero-order chi connectivity index (χ0) is 25.3. The number of amides is 1. The Morgan fingerprint density at radius 2 is 1.50 bits per heavy atom. The van der Waals surface area contributed by atoms with Crippen LogP contribution in [0.15, 0.2) is 72.8 Å². The van der Waals surface area contributed by atoms with Crippen LogP contribution >= 0.6 is 0 Å². The summed E-state index contributed by atoms with van der Waals surface area (Å²) in [6, 6.07) is 23.0. The summed E-state index contributed by atoms with van der Waals surface area (Å²) in [6.45, 7) is 0.409. The number of hydrogen-bond acceptors (Lipinski definition) is 7. The van der Waals surface area contributed by atoms with Crippen molar-refractivity contribution >= 4 is 11.6 Å². The van der Waals surface area contributed by atoms with Gasteiger partial charge in [0.05, 0.1) is 26.5 Å². The third kappa shape index (κ3) is 6.19. The van der Waals surface area contributed by atoms with Crippen LogP contribution in [-0.2, 0) is 16.0 Å². The van der Waals surface area contributed by atoms with E-state index >= 15 is 0 Å². The Bertz CT molecular complexity index is 1270. The fraction of sp³-hybridized carbons (Fsp3) is 0.222. The van der Waals surface area contributed by atoms with E-state index in [4.69, 9.17) is 18.9 Å². The highest BCUT2D eigenvalue weighted by Crippen LogP contribution is 2.26. The third-order valence-corrected chi connectivity index (χ3v) is 5.39. The Balaban J connectivity index is 1.55. The van der Waals surface area contributed by atoms with E-state index in [1.54, 1.807) is 31.0 Å². The van der Waals surface area contributed by atoms with Gasteiger partial charge in [-0.2, -0.15) is 4.98 Å². The molecule has 0 aliphatic rings. The van der Waals surface area contributed by atoms with Gasteiger partial charge in [-0.3, -0.25) is 4.79 Å². The van der Waals surface area contributed by atoms with Crippen molar-refractivity contribution < 1.29 is 23.7 Å². The number of aromatic nitrogens is 3. The van der Waals surface area contributed by atoms with Gasteiger partial charge in [0.15, 0.2) is 5.82 Å². The predicted octanol–water partition coefficient (Wildman–Crippen LogP) is 4.16. The van der Waals surface area contributed by atoms with Gasteiger partial charge in [-0.1, -0.05) is 12.1 Å². The van der Waals surface area contributed by atoms with Gasteiger partial charge < -0.3 is 24.3 Å². The van der Waals surface area contributed by atoms with Gasteiger partial charge in [-0.15, -0.1) is 5.10 Å². The average Bonchev–Trinajstić information content (AvgIpc) is 3.34. The lowest BCUT2D eigenvalue weighted by atomic mass is 10.1. The summed E-state index contributed by atoms with van der Waals surface area (Å²) in [6.07, 6.45) is 0.701. The molecule has 1 amide bonds. The molecule has 9 heteroatoms. The largest absolute Gasteiger partial charge is 0.497 e. The van der Waals surface area contributed by atoms with Crippen molar-refractivity contribution in [2.45, 2.75) is 6.42 Å². The molecule has 0 saturated carbocycles. The van der Waals surface area contributed by atoms with E-state index in [9.17, 15) is 4.79 Å². The van der Waals surface area contributed by atoms with Gasteiger partial charge in [-0.25, -0.2) is 4.68 Å². The van der Waals surface area contributed by atoms with Gasteiger partial charge in [-0.05, 0) is 66.2 Å². The average molecular weight is 489 g/mol. The molecule has 4 aromatic rings. The number of rotatable bonds is 11. The van der Waals surface area contributed by atoms with Crippen LogP contribution in [0.1, 0.15) is 5.56 Å². The van der Waals surface area contributed by atoms with E-state index in [-0.39, 0.29) is 18.5 Å². The summed E-state index contributed by atoms with van der Waals surface area (Å²) >= 11 is 0. The molecule has 1 N–H and O–H groups in total. The van der Waals surface area contributed by atoms with Crippen LogP contribution < -0.4 is 19.5 Å². The van der Waals surface area contributed by atoms with E-state index in [1.807, 2.05) is 60.7 Å². The Morgan fingerprint density at radius 3 is 2.11 bits per heavy atom. The fourth-order valence-electron chi connectivity index (χ4n) is 3.53. The van der Waals surface area contributed by atoms with Crippen molar-refractivity contribution in [3.05, 3.63) is 78.4 Å². The molecular formula is C27H28N4O5. The van der Waals surface area contributed by atoms with Crippen molar-refractivity contribution in [1.29, 1.82) is 0 Å². The number of anilines is 1. The monoisotopic (exact) mass is 488 g/mol. The van der Waals surface area contributed by atoms with Crippen LogP contribution in [0.3, 0.4) is 0 Å². The molecule has 1 heterocycles. The van der Waals surface area contributed by atoms with Crippen LogP contribution in [0.4, 0.5) is 5.69 Å². The maximum absolute atomic E-state index is 11.8. The molecule has 0 fully saturated rings. The fourth-order valence-corrected chi connectivity index (χ4v) is 3.53. The summed E-state index contributed by atoms with van der Waals surface area (Å²) < 4.78 is 23.0. The zero-order valence-electron chi connectivity index (χ0n) is 20.4. The summed E-state index contributed by atoms with van der Waals surface area (Å²) in [4.78, 5) is 16.4. The van der Waals surface area contributed by atoms with E-state index in [0.717, 1.165) is 28.3 Å². The van der Waals surface area contributed by atoms with Crippen molar-refractivity contribution in [3.63, 3.8) is 0 Å². The number of carbonyl (C=O) groups is 1. The minimum Gasteiger partial charge on any atom is -0.497 e. The SMILES string of the molecule is COCC(=O)Nc1ccc(-n2nc(OCCc3ccc(OC)cc3)nc2-c2ccc(OC)cc2)cc1. The molecule has 0 atom stereocenters. The lowest BCUT2D eigenvalue weighted by Gasteiger charge is -2.08. The highest BCUT2D eigenvalue weighted by molar-refractivity contribution is 5.91. The first kappa shape index (κ1) is 24.7. The maximum Gasteiger partial charge on any atom is 0.336 e. The lowest BCUT2D eigenvalue weighted by Crippen LogP contribution is -2.17. The number of nitrogens with one attached hydrogen (secondary N) is 1. The Hall–Kier alpha value is -4.37. The number of nitrogens with zero attached hydrogens (tertiary/aromatic N) is 3. The Labute approximate surface area is 209 Å². The minimum absolute atomic E-state index is 0.0102. The predicted molar refractivity (Wildman–Crippen MR) is 136 cm³/mol. The second kappa shape index (κ2) is 11.9. The highest BCUT2D eigenvalue weighted by atomic mass is 16.5. The molecule has 0 bridgehead atoms. The van der Waals surface area contributed by atoms with E-state index in [2.05, 4.69) is 15.4 Å².